The number of rotatable bonds is 6. The summed E-state index contributed by atoms with van der Waals surface area (Å²) in [6.07, 6.45) is 1.67. The van der Waals surface area contributed by atoms with Crippen molar-refractivity contribution in [1.82, 2.24) is 4.90 Å². The van der Waals surface area contributed by atoms with E-state index in [4.69, 9.17) is 21.3 Å². The molecule has 0 saturated carbocycles. The van der Waals surface area contributed by atoms with E-state index >= 15 is 0 Å². The van der Waals surface area contributed by atoms with E-state index in [1.54, 1.807) is 43.3 Å². The highest BCUT2D eigenvalue weighted by atomic mass is 35.5. The third-order valence-corrected chi connectivity index (χ3v) is 6.35. The van der Waals surface area contributed by atoms with Crippen LogP contribution in [0.1, 0.15) is 30.9 Å². The van der Waals surface area contributed by atoms with Crippen LogP contribution in [0, 0.1) is 10.8 Å². The summed E-state index contributed by atoms with van der Waals surface area (Å²) in [4.78, 5) is 27.4. The van der Waals surface area contributed by atoms with Gasteiger partial charge in [-0.15, -0.1) is 24.8 Å². The Bertz CT molecular complexity index is 1320. The minimum Gasteiger partial charge on any atom is -0.490 e. The van der Waals surface area contributed by atoms with E-state index in [1.807, 2.05) is 29.2 Å². The molecule has 0 bridgehead atoms. The Morgan fingerprint density at radius 2 is 1.63 bits per heavy atom. The van der Waals surface area contributed by atoms with E-state index in [1.165, 1.54) is 4.90 Å². The number of anilines is 1. The number of hydrogen-bond acceptors (Lipinski definition) is 5. The number of piperidine rings is 1. The molecule has 0 spiro atoms. The summed E-state index contributed by atoms with van der Waals surface area (Å²) in [5.41, 5.74) is 7.38. The quantitative estimate of drug-likeness (QED) is 0.200. The van der Waals surface area contributed by atoms with Gasteiger partial charge in [0.15, 0.2) is 0 Å². The topological polar surface area (TPSA) is 144 Å². The summed E-state index contributed by atoms with van der Waals surface area (Å²) in [6, 6.07) is 17.9. The summed E-state index contributed by atoms with van der Waals surface area (Å²) in [6.45, 7) is 3.40. The van der Waals surface area contributed by atoms with Crippen LogP contribution in [0.2, 0.25) is 0 Å². The van der Waals surface area contributed by atoms with E-state index in [-0.39, 0.29) is 43.3 Å². The zero-order valence-electron chi connectivity index (χ0n) is 20.8. The maximum atomic E-state index is 12.6. The van der Waals surface area contributed by atoms with Crippen LogP contribution >= 0.6 is 24.8 Å². The Hall–Kier alpha value is -3.82. The number of benzene rings is 3. The van der Waals surface area contributed by atoms with Gasteiger partial charge in [0.25, 0.3) is 0 Å². The first kappa shape index (κ1) is 30.4. The highest BCUT2D eigenvalue weighted by molar-refractivity contribution is 6.37. The van der Waals surface area contributed by atoms with Crippen LogP contribution in [0.4, 0.5) is 5.69 Å². The maximum absolute atomic E-state index is 12.6. The lowest BCUT2D eigenvalue weighted by Gasteiger charge is -2.32. The van der Waals surface area contributed by atoms with Crippen LogP contribution in [0.5, 0.6) is 5.75 Å². The molecule has 0 aliphatic carbocycles. The fraction of sp³-hybridized carbons (Fsp3) is 0.259. The standard InChI is InChI=1S/C27H29N5O4.2ClH/c1-17(28)31-12-10-24(11-13-31)36-23-8-6-22(7-9-23)32(26(33)27(34)35)16-18-2-3-19-4-5-20(25(29)30)15-21(19)14-18;;/h2-9,14-15,24,28H,10-13,16H2,1H3,(H3,29,30)(H,34,35);2*1H. The smallest absolute Gasteiger partial charge is 0.394 e. The number of nitrogen functional groups attached to an aromatic ring is 1. The van der Waals surface area contributed by atoms with Crippen LogP contribution in [-0.2, 0) is 16.1 Å². The highest BCUT2D eigenvalue weighted by Crippen LogP contribution is 2.26. The van der Waals surface area contributed by atoms with Crippen LogP contribution in [-0.4, -0.2) is 52.7 Å². The number of carbonyl (C=O) groups is 2. The first-order chi connectivity index (χ1) is 17.2. The molecule has 202 valence electrons. The summed E-state index contributed by atoms with van der Waals surface area (Å²) in [5, 5.41) is 26.6. The fourth-order valence-corrected chi connectivity index (χ4v) is 4.35. The molecule has 3 aromatic carbocycles. The SMILES string of the molecule is CC(=N)N1CCC(Oc2ccc(N(Cc3ccc4ccc(C(=N)N)cc4c3)C(=O)C(=O)O)cc2)CC1.Cl.Cl. The van der Waals surface area contributed by atoms with E-state index in [0.717, 1.165) is 42.3 Å². The molecule has 4 rings (SSSR count). The second-order valence-electron chi connectivity index (χ2n) is 8.89. The molecular weight excluding hydrogens is 529 g/mol. The van der Waals surface area contributed by atoms with Gasteiger partial charge in [0.2, 0.25) is 0 Å². The summed E-state index contributed by atoms with van der Waals surface area (Å²) < 4.78 is 6.08. The Balaban J connectivity index is 0.00000253. The van der Waals surface area contributed by atoms with Gasteiger partial charge in [0, 0.05) is 37.2 Å². The average Bonchev–Trinajstić information content (AvgIpc) is 2.87. The third kappa shape index (κ3) is 7.14. The zero-order valence-corrected chi connectivity index (χ0v) is 22.5. The molecule has 1 aliphatic heterocycles. The average molecular weight is 560 g/mol. The predicted molar refractivity (Wildman–Crippen MR) is 153 cm³/mol. The number of hydrogen-bond donors (Lipinski definition) is 4. The number of carboxylic acids is 1. The molecule has 0 atom stereocenters. The minimum absolute atomic E-state index is 0. The van der Waals surface area contributed by atoms with Crippen molar-refractivity contribution in [2.75, 3.05) is 18.0 Å². The third-order valence-electron chi connectivity index (χ3n) is 6.35. The van der Waals surface area contributed by atoms with Crippen molar-refractivity contribution in [3.63, 3.8) is 0 Å². The first-order valence-electron chi connectivity index (χ1n) is 11.7. The van der Waals surface area contributed by atoms with Gasteiger partial charge in [-0.3, -0.25) is 20.5 Å². The monoisotopic (exact) mass is 559 g/mol. The van der Waals surface area contributed by atoms with E-state index in [0.29, 0.717) is 22.8 Å². The summed E-state index contributed by atoms with van der Waals surface area (Å²) >= 11 is 0. The maximum Gasteiger partial charge on any atom is 0.394 e. The molecule has 1 fully saturated rings. The number of carbonyl (C=O) groups excluding carboxylic acids is 1. The normalized spacial score (nSPS) is 13.1. The number of nitrogens with two attached hydrogens (primary N) is 1. The molecular formula is C27H31Cl2N5O4. The van der Waals surface area contributed by atoms with Gasteiger partial charge in [-0.05, 0) is 59.7 Å². The van der Waals surface area contributed by atoms with Gasteiger partial charge in [0.1, 0.15) is 17.7 Å². The number of fused-ring (bicyclic) bond motifs is 1. The number of halogens is 2. The molecule has 1 amide bonds. The second-order valence-corrected chi connectivity index (χ2v) is 8.89. The molecule has 0 radical (unpaired) electrons. The largest absolute Gasteiger partial charge is 0.490 e. The number of nitrogens with one attached hydrogen (secondary N) is 2. The fourth-order valence-electron chi connectivity index (χ4n) is 4.35. The lowest BCUT2D eigenvalue weighted by atomic mass is 10.0. The van der Waals surface area contributed by atoms with Crippen molar-refractivity contribution in [1.29, 1.82) is 10.8 Å². The van der Waals surface area contributed by atoms with Crippen molar-refractivity contribution < 1.29 is 19.4 Å². The first-order valence-corrected chi connectivity index (χ1v) is 11.7. The van der Waals surface area contributed by atoms with Gasteiger partial charge in [-0.2, -0.15) is 0 Å². The summed E-state index contributed by atoms with van der Waals surface area (Å²) in [5.74, 6) is -1.40. The second kappa shape index (κ2) is 13.1. The van der Waals surface area contributed by atoms with Gasteiger partial charge in [-0.1, -0.05) is 24.3 Å². The van der Waals surface area contributed by atoms with Crippen LogP contribution in [0.3, 0.4) is 0 Å². The Labute approximate surface area is 233 Å². The number of ether oxygens (including phenoxy) is 1. The zero-order chi connectivity index (χ0) is 25.8. The van der Waals surface area contributed by atoms with Crippen LogP contribution in [0.15, 0.2) is 60.7 Å². The highest BCUT2D eigenvalue weighted by Gasteiger charge is 2.24. The number of carboxylic acid groups (broad SMARTS) is 1. The Morgan fingerprint density at radius 1 is 1.00 bits per heavy atom. The van der Waals surface area contributed by atoms with Gasteiger partial charge >= 0.3 is 11.9 Å². The van der Waals surface area contributed by atoms with Crippen molar-refractivity contribution in [2.24, 2.45) is 5.73 Å². The lowest BCUT2D eigenvalue weighted by molar-refractivity contribution is -0.148. The predicted octanol–water partition coefficient (Wildman–Crippen LogP) is 4.43. The van der Waals surface area contributed by atoms with E-state index in [9.17, 15) is 14.7 Å². The Morgan fingerprint density at radius 3 is 2.21 bits per heavy atom. The van der Waals surface area contributed by atoms with E-state index < -0.39 is 11.9 Å². The number of likely N-dealkylation sites (tertiary alicyclic amines) is 1. The molecule has 1 saturated heterocycles. The number of amides is 1. The molecule has 5 N–H and O–H groups in total. The molecule has 0 aromatic heterocycles. The Kier molecular flexibility index (Phi) is 10.5. The number of amidine groups is 2. The van der Waals surface area contributed by atoms with Gasteiger partial charge in [0.05, 0.1) is 12.4 Å². The van der Waals surface area contributed by atoms with E-state index in [2.05, 4.69) is 0 Å². The van der Waals surface area contributed by atoms with Crippen molar-refractivity contribution >= 4 is 64.8 Å². The van der Waals surface area contributed by atoms with Gasteiger partial charge < -0.3 is 20.5 Å². The molecule has 9 nitrogen and oxygen atoms in total. The molecule has 3 aromatic rings. The van der Waals surface area contributed by atoms with Crippen LogP contribution in [0.25, 0.3) is 10.8 Å². The molecule has 1 heterocycles. The van der Waals surface area contributed by atoms with Crippen molar-refractivity contribution in [2.45, 2.75) is 32.4 Å². The molecule has 11 heteroatoms. The van der Waals surface area contributed by atoms with Gasteiger partial charge in [-0.25, -0.2) is 4.79 Å². The minimum atomic E-state index is -1.54. The van der Waals surface area contributed by atoms with Crippen molar-refractivity contribution in [3.8, 4) is 5.75 Å². The lowest BCUT2D eigenvalue weighted by Crippen LogP contribution is -2.40. The summed E-state index contributed by atoms with van der Waals surface area (Å²) in [7, 11) is 0. The molecule has 1 aliphatic rings. The van der Waals surface area contributed by atoms with Crippen molar-refractivity contribution in [3.05, 3.63) is 71.8 Å². The number of aliphatic carboxylic acids is 1. The molecule has 0 unspecified atom stereocenters. The molecule has 38 heavy (non-hydrogen) atoms. The number of nitrogens with zero attached hydrogens (tertiary/aromatic N) is 2. The van der Waals surface area contributed by atoms with Crippen LogP contribution < -0.4 is 15.4 Å².